The van der Waals surface area contributed by atoms with Crippen molar-refractivity contribution < 1.29 is 4.74 Å². The van der Waals surface area contributed by atoms with Crippen LogP contribution in [0.15, 0.2) is 4.99 Å². The molecule has 2 rings (SSSR count). The average molecular weight is 470 g/mol. The van der Waals surface area contributed by atoms with Crippen molar-refractivity contribution in [2.45, 2.75) is 36.9 Å². The van der Waals surface area contributed by atoms with Gasteiger partial charge in [0.05, 0.1) is 6.61 Å². The molecule has 1 N–H and O–H groups in total. The highest BCUT2D eigenvalue weighted by Crippen LogP contribution is 2.42. The molecule has 1 saturated heterocycles. The number of rotatable bonds is 6. The molecule has 5 nitrogen and oxygen atoms in total. The molecular weight excluding hydrogens is 435 g/mol. The maximum atomic E-state index is 5.12. The van der Waals surface area contributed by atoms with E-state index in [1.54, 1.807) is 7.11 Å². The smallest absolute Gasteiger partial charge is 0.193 e. The zero-order chi connectivity index (χ0) is 16.5. The van der Waals surface area contributed by atoms with Gasteiger partial charge in [-0.2, -0.15) is 11.8 Å². The third-order valence-corrected chi connectivity index (χ3v) is 6.51. The van der Waals surface area contributed by atoms with Gasteiger partial charge in [0.15, 0.2) is 5.96 Å². The fourth-order valence-electron chi connectivity index (χ4n) is 3.57. The van der Waals surface area contributed by atoms with Gasteiger partial charge in [0, 0.05) is 57.4 Å². The summed E-state index contributed by atoms with van der Waals surface area (Å²) in [6.07, 6.45) is 6.98. The Kier molecular flexibility index (Phi) is 11.0. The van der Waals surface area contributed by atoms with Crippen LogP contribution < -0.4 is 5.32 Å². The standard InChI is InChI=1S/C17H34N4OS.HI/c1-18-16(19-9-10-20(2)11-13-22-3)21-12-14-23-17(15-21)7-5-4-6-8-17;/h4-15H2,1-3H3,(H,18,19);1H. The molecule has 2 fully saturated rings. The summed E-state index contributed by atoms with van der Waals surface area (Å²) in [5, 5.41) is 3.55. The predicted octanol–water partition coefficient (Wildman–Crippen LogP) is 2.51. The molecule has 1 saturated carbocycles. The van der Waals surface area contributed by atoms with Gasteiger partial charge in [-0.3, -0.25) is 4.99 Å². The zero-order valence-corrected chi connectivity index (χ0v) is 18.7. The number of methoxy groups -OCH3 is 1. The highest BCUT2D eigenvalue weighted by atomic mass is 127. The van der Waals surface area contributed by atoms with Gasteiger partial charge in [-0.05, 0) is 19.9 Å². The summed E-state index contributed by atoms with van der Waals surface area (Å²) in [6, 6.07) is 0. The second-order valence-corrected chi connectivity index (χ2v) is 8.35. The molecule has 0 bridgehead atoms. The Labute approximate surface area is 169 Å². The van der Waals surface area contributed by atoms with E-state index in [4.69, 9.17) is 4.74 Å². The summed E-state index contributed by atoms with van der Waals surface area (Å²) >= 11 is 2.21. The van der Waals surface area contributed by atoms with Crippen molar-refractivity contribution >= 4 is 41.7 Å². The third-order valence-electron chi connectivity index (χ3n) is 4.98. The molecule has 2 aliphatic rings. The minimum absolute atomic E-state index is 0. The highest BCUT2D eigenvalue weighted by Gasteiger charge is 2.38. The van der Waals surface area contributed by atoms with E-state index < -0.39 is 0 Å². The molecule has 0 aromatic heterocycles. The molecule has 0 amide bonds. The minimum Gasteiger partial charge on any atom is -0.383 e. The van der Waals surface area contributed by atoms with Crippen molar-refractivity contribution in [3.05, 3.63) is 0 Å². The molecule has 0 unspecified atom stereocenters. The van der Waals surface area contributed by atoms with Crippen LogP contribution in [-0.2, 0) is 4.74 Å². The van der Waals surface area contributed by atoms with Crippen molar-refractivity contribution in [2.75, 3.05) is 66.3 Å². The molecule has 1 aliphatic heterocycles. The number of guanidine groups is 1. The lowest BCUT2D eigenvalue weighted by Gasteiger charge is -2.45. The summed E-state index contributed by atoms with van der Waals surface area (Å²) in [7, 11) is 5.80. The van der Waals surface area contributed by atoms with Gasteiger partial charge < -0.3 is 19.9 Å². The monoisotopic (exact) mass is 470 g/mol. The van der Waals surface area contributed by atoms with Crippen LogP contribution in [0.25, 0.3) is 0 Å². The van der Waals surface area contributed by atoms with E-state index in [0.717, 1.165) is 45.3 Å². The first-order valence-electron chi connectivity index (χ1n) is 8.96. The molecule has 1 aliphatic carbocycles. The van der Waals surface area contributed by atoms with Crippen LogP contribution in [0.3, 0.4) is 0 Å². The van der Waals surface area contributed by atoms with E-state index in [2.05, 4.69) is 38.9 Å². The lowest BCUT2D eigenvalue weighted by Crippen LogP contribution is -2.54. The lowest BCUT2D eigenvalue weighted by atomic mass is 9.87. The number of aliphatic imine (C=N–C) groups is 1. The van der Waals surface area contributed by atoms with E-state index >= 15 is 0 Å². The number of ether oxygens (including phenoxy) is 1. The third kappa shape index (κ3) is 6.88. The maximum Gasteiger partial charge on any atom is 0.193 e. The van der Waals surface area contributed by atoms with Crippen LogP contribution in [0, 0.1) is 0 Å². The number of thioether (sulfide) groups is 1. The molecular formula is C17H35IN4OS. The van der Waals surface area contributed by atoms with Crippen LogP contribution in [0.5, 0.6) is 0 Å². The van der Waals surface area contributed by atoms with Crippen molar-refractivity contribution in [3.8, 4) is 0 Å². The lowest BCUT2D eigenvalue weighted by molar-refractivity contribution is 0.162. The predicted molar refractivity (Wildman–Crippen MR) is 116 cm³/mol. The summed E-state index contributed by atoms with van der Waals surface area (Å²) < 4.78 is 5.61. The minimum atomic E-state index is 0. The highest BCUT2D eigenvalue weighted by molar-refractivity contribution is 14.0. The molecule has 7 heteroatoms. The first kappa shape index (κ1) is 22.3. The molecule has 0 radical (unpaired) electrons. The summed E-state index contributed by atoms with van der Waals surface area (Å²) in [5.74, 6) is 2.31. The normalized spacial score (nSPS) is 21.0. The molecule has 1 spiro atoms. The van der Waals surface area contributed by atoms with E-state index in [-0.39, 0.29) is 24.0 Å². The summed E-state index contributed by atoms with van der Waals surface area (Å²) in [4.78, 5) is 9.30. The SMILES string of the molecule is CN=C(NCCN(C)CCOC)N1CCSC2(CCCCC2)C1.I. The molecule has 0 aromatic rings. The maximum absolute atomic E-state index is 5.12. The Morgan fingerprint density at radius 1 is 1.29 bits per heavy atom. The van der Waals surface area contributed by atoms with Crippen LogP contribution >= 0.6 is 35.7 Å². The Balaban J connectivity index is 0.00000288. The molecule has 24 heavy (non-hydrogen) atoms. The van der Waals surface area contributed by atoms with Gasteiger partial charge in [0.25, 0.3) is 0 Å². The van der Waals surface area contributed by atoms with Crippen LogP contribution in [-0.4, -0.2) is 86.8 Å². The fourth-order valence-corrected chi connectivity index (χ4v) is 5.14. The molecule has 1 heterocycles. The largest absolute Gasteiger partial charge is 0.383 e. The average Bonchev–Trinajstić information content (AvgIpc) is 2.57. The van der Waals surface area contributed by atoms with Crippen LogP contribution in [0.4, 0.5) is 0 Å². The zero-order valence-electron chi connectivity index (χ0n) is 15.6. The summed E-state index contributed by atoms with van der Waals surface area (Å²) in [6.45, 7) is 5.99. The van der Waals surface area contributed by atoms with E-state index in [0.29, 0.717) is 4.75 Å². The first-order chi connectivity index (χ1) is 11.2. The van der Waals surface area contributed by atoms with Gasteiger partial charge in [0.1, 0.15) is 0 Å². The Bertz CT molecular complexity index is 372. The second kappa shape index (κ2) is 11.8. The topological polar surface area (TPSA) is 40.1 Å². The Morgan fingerprint density at radius 2 is 2.04 bits per heavy atom. The van der Waals surface area contributed by atoms with Gasteiger partial charge in [0.2, 0.25) is 0 Å². The second-order valence-electron chi connectivity index (χ2n) is 6.78. The molecule has 0 atom stereocenters. The Hall–Kier alpha value is 0.270. The van der Waals surface area contributed by atoms with Gasteiger partial charge in [-0.1, -0.05) is 19.3 Å². The van der Waals surface area contributed by atoms with E-state index in [1.807, 2.05) is 7.05 Å². The van der Waals surface area contributed by atoms with Crippen molar-refractivity contribution in [2.24, 2.45) is 4.99 Å². The van der Waals surface area contributed by atoms with Gasteiger partial charge in [-0.25, -0.2) is 0 Å². The Morgan fingerprint density at radius 3 is 2.71 bits per heavy atom. The van der Waals surface area contributed by atoms with Crippen molar-refractivity contribution in [1.82, 2.24) is 15.1 Å². The molecule has 0 aromatic carbocycles. The van der Waals surface area contributed by atoms with Crippen LogP contribution in [0.1, 0.15) is 32.1 Å². The van der Waals surface area contributed by atoms with Gasteiger partial charge >= 0.3 is 0 Å². The van der Waals surface area contributed by atoms with E-state index in [1.165, 1.54) is 37.9 Å². The number of hydrogen-bond donors (Lipinski definition) is 1. The number of nitrogens with one attached hydrogen (secondary N) is 1. The van der Waals surface area contributed by atoms with Gasteiger partial charge in [-0.15, -0.1) is 24.0 Å². The van der Waals surface area contributed by atoms with E-state index in [9.17, 15) is 0 Å². The van der Waals surface area contributed by atoms with Crippen LogP contribution in [0.2, 0.25) is 0 Å². The quantitative estimate of drug-likeness (QED) is 0.367. The number of likely N-dealkylation sites (N-methyl/N-ethyl adjacent to an activating group) is 1. The first-order valence-corrected chi connectivity index (χ1v) is 9.95. The fraction of sp³-hybridized carbons (Fsp3) is 0.941. The van der Waals surface area contributed by atoms with Crippen molar-refractivity contribution in [3.63, 3.8) is 0 Å². The number of hydrogen-bond acceptors (Lipinski definition) is 4. The number of halogens is 1. The molecule has 142 valence electrons. The summed E-state index contributed by atoms with van der Waals surface area (Å²) in [5.41, 5.74) is 0. The van der Waals surface area contributed by atoms with Crippen molar-refractivity contribution in [1.29, 1.82) is 0 Å². The number of nitrogens with zero attached hydrogens (tertiary/aromatic N) is 3.